The monoisotopic (exact) mass is 430 g/mol. The van der Waals surface area contributed by atoms with E-state index in [2.05, 4.69) is 6.07 Å². The van der Waals surface area contributed by atoms with Crippen molar-refractivity contribution in [2.45, 2.75) is 13.0 Å². The lowest BCUT2D eigenvalue weighted by molar-refractivity contribution is 0.0971. The van der Waals surface area contributed by atoms with Crippen LogP contribution >= 0.6 is 22.7 Å². The number of anilines is 1. The van der Waals surface area contributed by atoms with Gasteiger partial charge in [-0.15, -0.1) is 11.3 Å². The third-order valence-corrected chi connectivity index (χ3v) is 7.27. The number of aromatic nitrogens is 1. The van der Waals surface area contributed by atoms with Gasteiger partial charge in [0.05, 0.1) is 21.2 Å². The molecule has 0 fully saturated rings. The van der Waals surface area contributed by atoms with Gasteiger partial charge in [-0.05, 0) is 48.2 Å². The van der Waals surface area contributed by atoms with Crippen LogP contribution in [0.1, 0.15) is 32.6 Å². The number of carbonyl (C=O) groups is 1. The molecule has 1 amide bonds. The van der Waals surface area contributed by atoms with Crippen LogP contribution in [0.2, 0.25) is 0 Å². The second-order valence-electron chi connectivity index (χ2n) is 7.23. The molecule has 6 rings (SSSR count). The maximum Gasteiger partial charge on any atom is 0.297 e. The molecule has 0 saturated heterocycles. The van der Waals surface area contributed by atoms with E-state index in [-0.39, 0.29) is 17.1 Å². The summed E-state index contributed by atoms with van der Waals surface area (Å²) in [6, 6.07) is 16.4. The minimum absolute atomic E-state index is 0.104. The van der Waals surface area contributed by atoms with E-state index in [0.29, 0.717) is 21.7 Å². The fourth-order valence-corrected chi connectivity index (χ4v) is 5.87. The predicted octanol–water partition coefficient (Wildman–Crippen LogP) is 5.52. The quantitative estimate of drug-likeness (QED) is 0.370. The van der Waals surface area contributed by atoms with Gasteiger partial charge in [0, 0.05) is 4.88 Å². The summed E-state index contributed by atoms with van der Waals surface area (Å²) >= 11 is 2.96. The predicted molar refractivity (Wildman–Crippen MR) is 120 cm³/mol. The molecule has 0 radical (unpaired) electrons. The molecule has 2 aromatic carbocycles. The third-order valence-electron chi connectivity index (χ3n) is 5.33. The third kappa shape index (κ3) is 2.42. The Morgan fingerprint density at radius 3 is 2.77 bits per heavy atom. The molecule has 7 heteroatoms. The van der Waals surface area contributed by atoms with Gasteiger partial charge in [-0.2, -0.15) is 0 Å². The fourth-order valence-electron chi connectivity index (χ4n) is 3.96. The highest BCUT2D eigenvalue weighted by atomic mass is 32.1. The molecule has 1 aliphatic heterocycles. The molecule has 4 heterocycles. The average molecular weight is 431 g/mol. The van der Waals surface area contributed by atoms with Gasteiger partial charge in [0.2, 0.25) is 5.76 Å². The number of rotatable bonds is 2. The van der Waals surface area contributed by atoms with Gasteiger partial charge in [0.15, 0.2) is 10.6 Å². The number of carbonyl (C=O) groups excluding carboxylic acids is 1. The molecular formula is C23H14N2O3S2. The highest BCUT2D eigenvalue weighted by Gasteiger charge is 2.45. The highest BCUT2D eigenvalue weighted by Crippen LogP contribution is 2.44. The second-order valence-corrected chi connectivity index (χ2v) is 9.22. The van der Waals surface area contributed by atoms with Crippen molar-refractivity contribution in [3.63, 3.8) is 0 Å². The van der Waals surface area contributed by atoms with Crippen LogP contribution in [0, 0.1) is 6.92 Å². The summed E-state index contributed by atoms with van der Waals surface area (Å²) in [5.74, 6) is -0.227. The number of hydrogen-bond donors (Lipinski definition) is 0. The minimum Gasteiger partial charge on any atom is -0.450 e. The maximum atomic E-state index is 13.5. The summed E-state index contributed by atoms with van der Waals surface area (Å²) in [5, 5.41) is 2.99. The molecule has 146 valence electrons. The van der Waals surface area contributed by atoms with Crippen molar-refractivity contribution in [1.29, 1.82) is 0 Å². The highest BCUT2D eigenvalue weighted by molar-refractivity contribution is 7.22. The first-order valence-corrected chi connectivity index (χ1v) is 11.1. The van der Waals surface area contributed by atoms with E-state index in [1.54, 1.807) is 29.2 Å². The van der Waals surface area contributed by atoms with Crippen molar-refractivity contribution < 1.29 is 9.21 Å². The Kier molecular flexibility index (Phi) is 3.72. The second kappa shape index (κ2) is 6.35. The fraction of sp³-hybridized carbons (Fsp3) is 0.0870. The molecule has 0 aliphatic carbocycles. The Bertz CT molecular complexity index is 1520. The number of thiophene rings is 1. The first-order chi connectivity index (χ1) is 14.6. The molecular weight excluding hydrogens is 416 g/mol. The van der Waals surface area contributed by atoms with Crippen LogP contribution in [0.5, 0.6) is 0 Å². The van der Waals surface area contributed by atoms with Crippen molar-refractivity contribution >= 4 is 54.9 Å². The van der Waals surface area contributed by atoms with Crippen LogP contribution in [-0.4, -0.2) is 10.9 Å². The van der Waals surface area contributed by atoms with Crippen LogP contribution in [0.25, 0.3) is 21.2 Å². The van der Waals surface area contributed by atoms with Crippen molar-refractivity contribution in [2.24, 2.45) is 0 Å². The molecule has 30 heavy (non-hydrogen) atoms. The van der Waals surface area contributed by atoms with E-state index in [1.165, 1.54) is 22.7 Å². The van der Waals surface area contributed by atoms with Gasteiger partial charge in [-0.25, -0.2) is 4.98 Å². The van der Waals surface area contributed by atoms with E-state index in [4.69, 9.17) is 9.40 Å². The molecule has 0 unspecified atom stereocenters. The first-order valence-electron chi connectivity index (χ1n) is 9.42. The molecule has 0 bridgehead atoms. The molecule has 1 atom stereocenters. The van der Waals surface area contributed by atoms with Gasteiger partial charge in [-0.3, -0.25) is 14.5 Å². The number of aryl methyl sites for hydroxylation is 1. The Morgan fingerprint density at radius 2 is 1.93 bits per heavy atom. The number of benzene rings is 2. The Labute approximate surface area is 178 Å². The van der Waals surface area contributed by atoms with Gasteiger partial charge < -0.3 is 4.42 Å². The summed E-state index contributed by atoms with van der Waals surface area (Å²) < 4.78 is 6.96. The Morgan fingerprint density at radius 1 is 1.07 bits per heavy atom. The molecule has 5 nitrogen and oxygen atoms in total. The van der Waals surface area contributed by atoms with E-state index in [9.17, 15) is 9.59 Å². The van der Waals surface area contributed by atoms with Crippen molar-refractivity contribution in [2.75, 3.05) is 4.90 Å². The SMILES string of the molecule is Cc1ccc2nc(N3C(=O)c4oc5ccccc5c(=O)c4[C@@H]3c3cccs3)sc2c1. The number of hydrogen-bond acceptors (Lipinski definition) is 6. The molecule has 0 saturated carbocycles. The van der Waals surface area contributed by atoms with Gasteiger partial charge in [-0.1, -0.05) is 35.6 Å². The zero-order valence-corrected chi connectivity index (χ0v) is 17.4. The van der Waals surface area contributed by atoms with E-state index in [1.807, 2.05) is 36.6 Å². The number of nitrogens with zero attached hydrogens (tertiary/aromatic N) is 2. The smallest absolute Gasteiger partial charge is 0.297 e. The van der Waals surface area contributed by atoms with Crippen molar-refractivity contribution in [3.05, 3.63) is 92.0 Å². The molecule has 1 aliphatic rings. The van der Waals surface area contributed by atoms with Crippen LogP contribution in [-0.2, 0) is 0 Å². The molecule has 0 N–H and O–H groups in total. The lowest BCUT2D eigenvalue weighted by atomic mass is 10.0. The number of fused-ring (bicyclic) bond motifs is 3. The van der Waals surface area contributed by atoms with Gasteiger partial charge in [0.1, 0.15) is 11.6 Å². The summed E-state index contributed by atoms with van der Waals surface area (Å²) in [6.45, 7) is 2.03. The van der Waals surface area contributed by atoms with Crippen LogP contribution in [0.4, 0.5) is 5.13 Å². The van der Waals surface area contributed by atoms with Gasteiger partial charge >= 0.3 is 0 Å². The standard InChI is InChI=1S/C23H14N2O3S2/c1-12-8-9-14-17(11-12)30-23(24-14)25-19(16-7-4-10-29-16)18-20(26)13-5-2-3-6-15(13)28-21(18)22(25)27/h2-11,19H,1H3/t19-/m0/s1. The lowest BCUT2D eigenvalue weighted by Crippen LogP contribution is -2.28. The number of para-hydroxylation sites is 1. The van der Waals surface area contributed by atoms with E-state index in [0.717, 1.165) is 20.7 Å². The number of amides is 1. The summed E-state index contributed by atoms with van der Waals surface area (Å²) in [5.41, 5.74) is 2.60. The minimum atomic E-state index is -0.546. The summed E-state index contributed by atoms with van der Waals surface area (Å²) in [6.07, 6.45) is 0. The molecule has 3 aromatic heterocycles. The van der Waals surface area contributed by atoms with Crippen LogP contribution in [0.3, 0.4) is 0 Å². The largest absolute Gasteiger partial charge is 0.450 e. The average Bonchev–Trinajstić information content (AvgIpc) is 3.46. The topological polar surface area (TPSA) is 63.4 Å². The summed E-state index contributed by atoms with van der Waals surface area (Å²) in [4.78, 5) is 34.1. The zero-order valence-electron chi connectivity index (χ0n) is 15.8. The normalized spacial score (nSPS) is 16.0. The van der Waals surface area contributed by atoms with E-state index < -0.39 is 6.04 Å². The van der Waals surface area contributed by atoms with Crippen molar-refractivity contribution in [3.8, 4) is 0 Å². The Balaban J connectivity index is 1.64. The van der Waals surface area contributed by atoms with Crippen LogP contribution < -0.4 is 10.3 Å². The first kappa shape index (κ1) is 17.6. The molecule has 0 spiro atoms. The number of thiazole rings is 1. The lowest BCUT2D eigenvalue weighted by Gasteiger charge is -2.20. The Hall–Kier alpha value is -3.29. The summed E-state index contributed by atoms with van der Waals surface area (Å²) in [7, 11) is 0. The molecule has 5 aromatic rings. The van der Waals surface area contributed by atoms with Gasteiger partial charge in [0.25, 0.3) is 5.91 Å². The zero-order chi connectivity index (χ0) is 20.4. The maximum absolute atomic E-state index is 13.5. The van der Waals surface area contributed by atoms with E-state index >= 15 is 0 Å². The van der Waals surface area contributed by atoms with Crippen LogP contribution in [0.15, 0.2) is 69.2 Å². The van der Waals surface area contributed by atoms with Crippen molar-refractivity contribution in [1.82, 2.24) is 4.98 Å².